The molecule has 0 bridgehead atoms. The van der Waals surface area contributed by atoms with E-state index in [1.807, 2.05) is 0 Å². The molecule has 0 aromatic rings. The number of fused-ring (bicyclic) bond motifs is 1. The second-order valence-corrected chi connectivity index (χ2v) is 5.77. The van der Waals surface area contributed by atoms with E-state index in [0.717, 1.165) is 32.7 Å². The van der Waals surface area contributed by atoms with E-state index in [2.05, 4.69) is 15.2 Å². The highest BCUT2D eigenvalue weighted by Gasteiger charge is 2.32. The van der Waals surface area contributed by atoms with E-state index in [9.17, 15) is 0 Å². The summed E-state index contributed by atoms with van der Waals surface area (Å²) in [6.07, 6.45) is 8.01. The summed E-state index contributed by atoms with van der Waals surface area (Å²) in [6.45, 7) is 5.24. The molecule has 0 aliphatic carbocycles. The Bertz CT molecular complexity index is 305. The van der Waals surface area contributed by atoms with Crippen LogP contribution in [-0.4, -0.2) is 55.7 Å². The molecule has 0 aromatic carbocycles. The van der Waals surface area contributed by atoms with Crippen LogP contribution in [0.1, 0.15) is 38.5 Å². The summed E-state index contributed by atoms with van der Waals surface area (Å²) >= 11 is 0. The van der Waals surface area contributed by atoms with Gasteiger partial charge < -0.3 is 10.1 Å². The lowest BCUT2D eigenvalue weighted by molar-refractivity contribution is -0.0452. The Balaban J connectivity index is 1.44. The smallest absolute Gasteiger partial charge is 0.0963 e. The molecular formula is C14H25N3O. The lowest BCUT2D eigenvalue weighted by Gasteiger charge is -2.35. The Kier molecular flexibility index (Phi) is 4.16. The third kappa shape index (κ3) is 3.04. The second-order valence-electron chi connectivity index (χ2n) is 5.77. The van der Waals surface area contributed by atoms with Gasteiger partial charge in [-0.3, -0.25) is 9.89 Å². The zero-order chi connectivity index (χ0) is 12.2. The minimum Gasteiger partial charge on any atom is -0.373 e. The molecule has 3 aliphatic heterocycles. The Morgan fingerprint density at radius 2 is 2.28 bits per heavy atom. The van der Waals surface area contributed by atoms with Gasteiger partial charge in [-0.1, -0.05) is 6.42 Å². The largest absolute Gasteiger partial charge is 0.373 e. The van der Waals surface area contributed by atoms with Gasteiger partial charge in [0.2, 0.25) is 0 Å². The first-order valence-corrected chi connectivity index (χ1v) is 7.54. The fourth-order valence-electron chi connectivity index (χ4n) is 3.26. The fourth-order valence-corrected chi connectivity index (χ4v) is 3.26. The zero-order valence-electron chi connectivity index (χ0n) is 11.2. The number of nitrogens with zero attached hydrogens (tertiary/aromatic N) is 2. The third-order valence-electron chi connectivity index (χ3n) is 4.37. The minimum absolute atomic E-state index is 0.352. The average Bonchev–Trinajstić information content (AvgIpc) is 2.70. The molecule has 1 N–H and O–H groups in total. The summed E-state index contributed by atoms with van der Waals surface area (Å²) in [6, 6.07) is 0.705. The van der Waals surface area contributed by atoms with Crippen LogP contribution >= 0.6 is 0 Å². The lowest BCUT2D eigenvalue weighted by Crippen LogP contribution is -2.50. The van der Waals surface area contributed by atoms with Gasteiger partial charge in [-0.15, -0.1) is 0 Å². The molecule has 102 valence electrons. The van der Waals surface area contributed by atoms with Crippen LogP contribution < -0.4 is 5.32 Å². The maximum absolute atomic E-state index is 5.96. The molecule has 3 aliphatic rings. The predicted molar refractivity (Wildman–Crippen MR) is 73.1 cm³/mol. The first-order chi connectivity index (χ1) is 8.92. The maximum atomic E-state index is 5.96. The molecule has 3 rings (SSSR count). The molecule has 4 nitrogen and oxygen atoms in total. The first-order valence-electron chi connectivity index (χ1n) is 7.54. The summed E-state index contributed by atoms with van der Waals surface area (Å²) < 4.78 is 5.96. The van der Waals surface area contributed by atoms with Crippen molar-refractivity contribution < 1.29 is 4.74 Å². The summed E-state index contributed by atoms with van der Waals surface area (Å²) in [4.78, 5) is 7.21. The van der Waals surface area contributed by atoms with E-state index < -0.39 is 0 Å². The maximum Gasteiger partial charge on any atom is 0.0963 e. The average molecular weight is 251 g/mol. The standard InChI is InChI=1S/C14H25N3O/c1-2-6-14(15-7-3-1)16-9-13-10-17-8-4-5-12(17)11-18-13/h12-13H,1-11H2,(H,15,16). The normalized spacial score (nSPS) is 33.7. The zero-order valence-corrected chi connectivity index (χ0v) is 11.2. The number of amidine groups is 1. The van der Waals surface area contributed by atoms with Crippen LogP contribution in [-0.2, 0) is 4.74 Å². The van der Waals surface area contributed by atoms with Gasteiger partial charge in [0, 0.05) is 32.1 Å². The van der Waals surface area contributed by atoms with Gasteiger partial charge in [0.05, 0.1) is 18.5 Å². The van der Waals surface area contributed by atoms with Crippen molar-refractivity contribution in [3.63, 3.8) is 0 Å². The molecule has 0 spiro atoms. The summed E-state index contributed by atoms with van der Waals surface area (Å²) in [5.74, 6) is 1.21. The molecule has 0 radical (unpaired) electrons. The van der Waals surface area contributed by atoms with Crippen molar-refractivity contribution >= 4 is 5.84 Å². The monoisotopic (exact) mass is 251 g/mol. The van der Waals surface area contributed by atoms with Gasteiger partial charge >= 0.3 is 0 Å². The van der Waals surface area contributed by atoms with Gasteiger partial charge in [0.15, 0.2) is 0 Å². The van der Waals surface area contributed by atoms with Gasteiger partial charge in [-0.25, -0.2) is 0 Å². The molecule has 18 heavy (non-hydrogen) atoms. The molecule has 3 heterocycles. The number of hydrogen-bond donors (Lipinski definition) is 1. The van der Waals surface area contributed by atoms with Gasteiger partial charge in [0.25, 0.3) is 0 Å². The number of ether oxygens (including phenoxy) is 1. The first kappa shape index (κ1) is 12.4. The van der Waals surface area contributed by atoms with Crippen LogP contribution in [0.5, 0.6) is 0 Å². The van der Waals surface area contributed by atoms with Crippen LogP contribution in [0.4, 0.5) is 0 Å². The molecular weight excluding hydrogens is 226 g/mol. The number of nitrogens with one attached hydrogen (secondary N) is 1. The van der Waals surface area contributed by atoms with E-state index in [0.29, 0.717) is 12.1 Å². The van der Waals surface area contributed by atoms with E-state index in [4.69, 9.17) is 4.74 Å². The molecule has 0 saturated carbocycles. The predicted octanol–water partition coefficient (Wildman–Crippen LogP) is 1.41. The van der Waals surface area contributed by atoms with E-state index >= 15 is 0 Å². The highest BCUT2D eigenvalue weighted by Crippen LogP contribution is 2.22. The molecule has 2 atom stereocenters. The van der Waals surface area contributed by atoms with Crippen molar-refractivity contribution in [2.75, 3.05) is 32.8 Å². The Morgan fingerprint density at radius 3 is 3.28 bits per heavy atom. The topological polar surface area (TPSA) is 36.9 Å². The van der Waals surface area contributed by atoms with Crippen molar-refractivity contribution in [1.82, 2.24) is 10.2 Å². The van der Waals surface area contributed by atoms with E-state index in [-0.39, 0.29) is 0 Å². The number of hydrogen-bond acceptors (Lipinski definition) is 4. The molecule has 4 heteroatoms. The van der Waals surface area contributed by atoms with Crippen LogP contribution in [0.15, 0.2) is 4.99 Å². The number of morpholine rings is 1. The van der Waals surface area contributed by atoms with Gasteiger partial charge in [-0.2, -0.15) is 0 Å². The van der Waals surface area contributed by atoms with E-state index in [1.165, 1.54) is 44.5 Å². The van der Waals surface area contributed by atoms with Crippen molar-refractivity contribution in [3.8, 4) is 0 Å². The second kappa shape index (κ2) is 6.02. The van der Waals surface area contributed by atoms with Crippen molar-refractivity contribution in [1.29, 1.82) is 0 Å². The SMILES string of the molecule is C1CCN=C(NCC2CN3CCCC3CO2)CC1. The van der Waals surface area contributed by atoms with Crippen molar-refractivity contribution in [2.45, 2.75) is 50.7 Å². The van der Waals surface area contributed by atoms with Gasteiger partial charge in [-0.05, 0) is 32.2 Å². The number of rotatable bonds is 2. The lowest BCUT2D eigenvalue weighted by atomic mass is 10.2. The molecule has 2 unspecified atom stereocenters. The Morgan fingerprint density at radius 1 is 1.28 bits per heavy atom. The summed E-state index contributed by atoms with van der Waals surface area (Å²) in [7, 11) is 0. The highest BCUT2D eigenvalue weighted by molar-refractivity contribution is 5.82. The van der Waals surface area contributed by atoms with E-state index in [1.54, 1.807) is 0 Å². The van der Waals surface area contributed by atoms with Gasteiger partial charge in [0.1, 0.15) is 0 Å². The van der Waals surface area contributed by atoms with Crippen molar-refractivity contribution in [3.05, 3.63) is 0 Å². The summed E-state index contributed by atoms with van der Waals surface area (Å²) in [5.41, 5.74) is 0. The van der Waals surface area contributed by atoms with Crippen molar-refractivity contribution in [2.24, 2.45) is 4.99 Å². The highest BCUT2D eigenvalue weighted by atomic mass is 16.5. The van der Waals surface area contributed by atoms with Crippen LogP contribution in [0, 0.1) is 0 Å². The Hall–Kier alpha value is -0.610. The molecule has 2 fully saturated rings. The van der Waals surface area contributed by atoms with Crippen LogP contribution in [0.2, 0.25) is 0 Å². The fraction of sp³-hybridized carbons (Fsp3) is 0.929. The minimum atomic E-state index is 0.352. The van der Waals surface area contributed by atoms with Crippen LogP contribution in [0.3, 0.4) is 0 Å². The quantitative estimate of drug-likeness (QED) is 0.806. The van der Waals surface area contributed by atoms with Crippen LogP contribution in [0.25, 0.3) is 0 Å². The third-order valence-corrected chi connectivity index (χ3v) is 4.37. The molecule has 0 aromatic heterocycles. The Labute approximate surface area is 110 Å². The molecule has 0 amide bonds. The molecule has 2 saturated heterocycles. The summed E-state index contributed by atoms with van der Waals surface area (Å²) in [5, 5.41) is 3.51. The number of aliphatic imine (C=N–C) groups is 1.